The van der Waals surface area contributed by atoms with Crippen molar-refractivity contribution in [3.8, 4) is 23.0 Å². The van der Waals surface area contributed by atoms with E-state index in [1.165, 1.54) is 29.2 Å². The van der Waals surface area contributed by atoms with Crippen LogP contribution in [0.3, 0.4) is 0 Å². The molecule has 0 bridgehead atoms. The SMILES string of the molecule is CC(=O)OCOC(=O)CN(CC(=O)OCOC(C)=O)c1ccc(C)cc1OCCOc1cc(C2c3cc(F)c(OCOC(C)=O)cc3OC3=CC(=O)C(F)=CC32)ccc1N(CC(=O)OCOC(C)=O)CC(=O)OCOC(C)=O. The summed E-state index contributed by atoms with van der Waals surface area (Å²) in [4.78, 5) is 124. The molecular weight excluding hydrogens is 1050 g/mol. The van der Waals surface area contributed by atoms with Gasteiger partial charge in [0.25, 0.3) is 0 Å². The van der Waals surface area contributed by atoms with E-state index in [2.05, 4.69) is 0 Å². The van der Waals surface area contributed by atoms with Crippen molar-refractivity contribution in [3.05, 3.63) is 94.8 Å². The van der Waals surface area contributed by atoms with Gasteiger partial charge in [0.05, 0.1) is 11.4 Å². The van der Waals surface area contributed by atoms with Crippen LogP contribution in [0.25, 0.3) is 0 Å². The molecule has 0 saturated heterocycles. The van der Waals surface area contributed by atoms with Crippen LogP contribution in [0.15, 0.2) is 72.3 Å². The van der Waals surface area contributed by atoms with Crippen LogP contribution in [-0.2, 0) is 90.6 Å². The van der Waals surface area contributed by atoms with E-state index in [1.807, 2.05) is 0 Å². The van der Waals surface area contributed by atoms with E-state index in [4.69, 9.17) is 61.6 Å². The lowest BCUT2D eigenvalue weighted by Gasteiger charge is -2.36. The van der Waals surface area contributed by atoms with Gasteiger partial charge in [-0.25, -0.2) is 8.78 Å². The number of hydrogen-bond acceptors (Lipinski definition) is 25. The molecule has 27 heteroatoms. The molecule has 0 amide bonds. The second-order valence-electron chi connectivity index (χ2n) is 16.4. The minimum atomic E-state index is -1.15. The van der Waals surface area contributed by atoms with Gasteiger partial charge in [-0.15, -0.1) is 0 Å². The zero-order chi connectivity index (χ0) is 57.1. The molecule has 2 unspecified atom stereocenters. The van der Waals surface area contributed by atoms with Gasteiger partial charge in [-0.1, -0.05) is 12.1 Å². The first-order valence-electron chi connectivity index (χ1n) is 23.1. The number of hydrogen-bond donors (Lipinski definition) is 0. The molecule has 1 heterocycles. The van der Waals surface area contributed by atoms with Crippen molar-refractivity contribution in [3.63, 3.8) is 0 Å². The molecular formula is C51H52F2N2O23. The Bertz CT molecular complexity index is 2780. The van der Waals surface area contributed by atoms with Crippen molar-refractivity contribution in [1.82, 2.24) is 0 Å². The Morgan fingerprint density at radius 3 is 1.42 bits per heavy atom. The highest BCUT2D eigenvalue weighted by Gasteiger charge is 2.40. The minimum absolute atomic E-state index is 0.0291. The Labute approximate surface area is 442 Å². The topological polar surface area (TPSA) is 297 Å². The van der Waals surface area contributed by atoms with E-state index in [1.54, 1.807) is 19.1 Å². The average Bonchev–Trinajstić information content (AvgIpc) is 3.43. The lowest BCUT2D eigenvalue weighted by molar-refractivity contribution is -0.167. The molecule has 78 heavy (non-hydrogen) atoms. The summed E-state index contributed by atoms with van der Waals surface area (Å²) in [6, 6.07) is 11.1. The fourth-order valence-electron chi connectivity index (χ4n) is 7.22. The number of aryl methyl sites for hydroxylation is 1. The summed E-state index contributed by atoms with van der Waals surface area (Å²) in [5, 5.41) is 0. The molecule has 5 rings (SSSR count). The van der Waals surface area contributed by atoms with Gasteiger partial charge in [-0.05, 0) is 54.5 Å². The lowest BCUT2D eigenvalue weighted by Crippen LogP contribution is -2.37. The van der Waals surface area contributed by atoms with Crippen molar-refractivity contribution in [2.75, 3.05) is 83.2 Å². The molecule has 0 aromatic heterocycles. The van der Waals surface area contributed by atoms with Crippen LogP contribution in [0.4, 0.5) is 20.2 Å². The Morgan fingerprint density at radius 1 is 0.526 bits per heavy atom. The van der Waals surface area contributed by atoms with Crippen molar-refractivity contribution in [2.24, 2.45) is 5.92 Å². The lowest BCUT2D eigenvalue weighted by atomic mass is 9.75. The van der Waals surface area contributed by atoms with Gasteiger partial charge in [0.15, 0.2) is 17.4 Å². The molecule has 1 aliphatic carbocycles. The monoisotopic (exact) mass is 1100 g/mol. The smallest absolute Gasteiger partial charge is 0.328 e. The largest absolute Gasteiger partial charge is 0.488 e. The molecule has 2 atom stereocenters. The van der Waals surface area contributed by atoms with Gasteiger partial charge >= 0.3 is 53.7 Å². The van der Waals surface area contributed by atoms with Gasteiger partial charge in [0.1, 0.15) is 62.4 Å². The number of fused-ring (bicyclic) bond motifs is 2. The number of esters is 9. The van der Waals surface area contributed by atoms with Gasteiger partial charge in [0.2, 0.25) is 39.7 Å². The summed E-state index contributed by atoms with van der Waals surface area (Å²) in [6.07, 6.45) is 1.91. The van der Waals surface area contributed by atoms with Crippen LogP contribution in [0.1, 0.15) is 57.2 Å². The Hall–Kier alpha value is -9.30. The third-order valence-corrected chi connectivity index (χ3v) is 10.6. The van der Waals surface area contributed by atoms with Crippen LogP contribution < -0.4 is 28.7 Å². The maximum atomic E-state index is 15.9. The number of rotatable bonds is 27. The molecule has 0 N–H and O–H groups in total. The molecule has 1 aliphatic heterocycles. The molecule has 2 aliphatic rings. The molecule has 3 aromatic carbocycles. The first kappa shape index (κ1) is 59.6. The zero-order valence-corrected chi connectivity index (χ0v) is 42.7. The summed E-state index contributed by atoms with van der Waals surface area (Å²) >= 11 is 0. The highest BCUT2D eigenvalue weighted by Crippen LogP contribution is 2.50. The van der Waals surface area contributed by atoms with E-state index in [9.17, 15) is 47.9 Å². The van der Waals surface area contributed by atoms with Crippen LogP contribution >= 0.6 is 0 Å². The summed E-state index contributed by atoms with van der Waals surface area (Å²) in [6.45, 7) is -0.115. The molecule has 0 fully saturated rings. The predicted molar refractivity (Wildman–Crippen MR) is 256 cm³/mol. The highest BCUT2D eigenvalue weighted by atomic mass is 19.1. The van der Waals surface area contributed by atoms with Crippen LogP contribution in [0.5, 0.6) is 23.0 Å². The Balaban J connectivity index is 1.56. The number of carbonyl (C=O) groups excluding carboxylic acids is 10. The number of ketones is 1. The number of ether oxygens (including phenoxy) is 13. The molecule has 0 radical (unpaired) electrons. The van der Waals surface area contributed by atoms with E-state index in [-0.39, 0.29) is 58.7 Å². The second-order valence-corrected chi connectivity index (χ2v) is 16.4. The van der Waals surface area contributed by atoms with Gasteiger partial charge in [0, 0.05) is 64.2 Å². The summed E-state index contributed by atoms with van der Waals surface area (Å²) < 4.78 is 98.7. The molecule has 3 aromatic rings. The van der Waals surface area contributed by atoms with E-state index >= 15 is 8.78 Å². The number of anilines is 2. The third-order valence-electron chi connectivity index (χ3n) is 10.6. The Morgan fingerprint density at radius 2 is 0.962 bits per heavy atom. The second kappa shape index (κ2) is 28.6. The van der Waals surface area contributed by atoms with Crippen LogP contribution in [0.2, 0.25) is 0 Å². The maximum Gasteiger partial charge on any atom is 0.328 e. The third kappa shape index (κ3) is 18.2. The van der Waals surface area contributed by atoms with Gasteiger partial charge in [-0.3, -0.25) is 47.9 Å². The van der Waals surface area contributed by atoms with Crippen LogP contribution in [0, 0.1) is 18.7 Å². The first-order valence-corrected chi connectivity index (χ1v) is 23.1. The van der Waals surface area contributed by atoms with Crippen molar-refractivity contribution in [2.45, 2.75) is 47.5 Å². The van der Waals surface area contributed by atoms with E-state index in [0.717, 1.165) is 63.8 Å². The van der Waals surface area contributed by atoms with Crippen molar-refractivity contribution in [1.29, 1.82) is 0 Å². The zero-order valence-electron chi connectivity index (χ0n) is 42.7. The maximum absolute atomic E-state index is 15.9. The van der Waals surface area contributed by atoms with Crippen molar-refractivity contribution >= 4 is 70.9 Å². The number of halogens is 2. The minimum Gasteiger partial charge on any atom is -0.488 e. The van der Waals surface area contributed by atoms with Gasteiger partial charge in [-0.2, -0.15) is 0 Å². The van der Waals surface area contributed by atoms with E-state index in [0.29, 0.717) is 5.56 Å². The molecule has 0 spiro atoms. The fraction of sp³-hybridized carbons (Fsp3) is 0.373. The number of nitrogens with zero attached hydrogens (tertiary/aromatic N) is 2. The standard InChI is InChI=1S/C51H52F2N2O23/c1-28-7-9-39(54(19-47(62)74-24-69-30(3)57)20-48(63)75-25-70-31(4)58)45(13-28)66-11-12-67-46-14-34(8-10-40(46)55(21-49(64)76-26-71-32(5)59)22-50(65)77-27-72-33(6)60)51-35-15-37(52)41(61)17-42(35)78-43-18-44(38(53)16-36(43)51)73-23-68-29(2)56/h7-10,13-18,35,51H,11-12,19-27H2,1-6H3. The predicted octanol–water partition coefficient (Wildman–Crippen LogP) is 3.82. The highest BCUT2D eigenvalue weighted by molar-refractivity contribution is 6.03. The number of allylic oxidation sites excluding steroid dienone is 3. The van der Waals surface area contributed by atoms with E-state index < -0.39 is 149 Å². The summed E-state index contributed by atoms with van der Waals surface area (Å²) in [5.74, 6) is -13.6. The fourth-order valence-corrected chi connectivity index (χ4v) is 7.22. The molecule has 0 saturated carbocycles. The summed E-state index contributed by atoms with van der Waals surface area (Å²) in [5.41, 5.74) is 1.09. The summed E-state index contributed by atoms with van der Waals surface area (Å²) in [7, 11) is 0. The van der Waals surface area contributed by atoms with Crippen LogP contribution in [-0.4, -0.2) is 133 Å². The van der Waals surface area contributed by atoms with Crippen molar-refractivity contribution < 1.29 is 118 Å². The quantitative estimate of drug-likeness (QED) is 0.0453. The first-order chi connectivity index (χ1) is 37.1. The molecule has 418 valence electrons. The van der Waals surface area contributed by atoms with Gasteiger partial charge < -0.3 is 71.4 Å². The number of carbonyl (C=O) groups is 10. The average molecular weight is 1100 g/mol. The Kier molecular flexibility index (Phi) is 21.8. The number of benzene rings is 3. The molecule has 25 nitrogen and oxygen atoms in total. The normalized spacial score (nSPS) is 13.9.